The second-order valence-corrected chi connectivity index (χ2v) is 9.93. The van der Waals surface area contributed by atoms with Gasteiger partial charge >= 0.3 is 5.97 Å². The van der Waals surface area contributed by atoms with Crippen molar-refractivity contribution in [2.75, 3.05) is 20.8 Å². The van der Waals surface area contributed by atoms with Crippen LogP contribution in [0.4, 0.5) is 0 Å². The van der Waals surface area contributed by atoms with Crippen LogP contribution in [0.25, 0.3) is 6.08 Å². The highest BCUT2D eigenvalue weighted by molar-refractivity contribution is 6.08. The van der Waals surface area contributed by atoms with Crippen LogP contribution in [0.15, 0.2) is 77.4 Å². The topological polar surface area (TPSA) is 97.7 Å². The van der Waals surface area contributed by atoms with Crippen molar-refractivity contribution in [2.24, 2.45) is 11.0 Å². The summed E-state index contributed by atoms with van der Waals surface area (Å²) in [6, 6.07) is 19.9. The number of aromatic hydroxyl groups is 1. The average molecular weight is 541 g/mol. The van der Waals surface area contributed by atoms with Gasteiger partial charge in [0, 0.05) is 5.92 Å². The number of phenolic OH excluding ortho intramolecular Hbond substituents is 1. The minimum Gasteiger partial charge on any atom is -0.507 e. The standard InChI is InChI=1S/C32H32N2O6/c1-20-6-4-9-27(31(20)36)32(37)40-19-28(35)34-30(22-12-16-25(39-3)17-13-22)26-8-5-7-23(29(26)33-34)18-21-10-14-24(38-2)15-11-21/h4,6,9-18,26,30,36H,5,7-8,19H2,1-3H3. The molecule has 0 aromatic heterocycles. The van der Waals surface area contributed by atoms with E-state index in [-0.39, 0.29) is 23.3 Å². The summed E-state index contributed by atoms with van der Waals surface area (Å²) in [4.78, 5) is 26.2. The van der Waals surface area contributed by atoms with Gasteiger partial charge in [-0.1, -0.05) is 36.4 Å². The van der Waals surface area contributed by atoms with Crippen molar-refractivity contribution in [2.45, 2.75) is 32.2 Å². The van der Waals surface area contributed by atoms with Gasteiger partial charge in [-0.15, -0.1) is 0 Å². The Kier molecular flexibility index (Phi) is 7.86. The van der Waals surface area contributed by atoms with E-state index < -0.39 is 18.5 Å². The molecular formula is C32H32N2O6. The van der Waals surface area contributed by atoms with Crippen molar-refractivity contribution in [3.63, 3.8) is 0 Å². The third-order valence-electron chi connectivity index (χ3n) is 7.46. The van der Waals surface area contributed by atoms with Crippen LogP contribution in [0.1, 0.15) is 52.4 Å². The maximum absolute atomic E-state index is 13.5. The number of hydrogen-bond acceptors (Lipinski definition) is 7. The number of hydrazone groups is 1. The minimum absolute atomic E-state index is 0.00730. The van der Waals surface area contributed by atoms with E-state index in [1.165, 1.54) is 11.1 Å². The van der Waals surface area contributed by atoms with Crippen LogP contribution < -0.4 is 9.47 Å². The molecule has 8 nitrogen and oxygen atoms in total. The van der Waals surface area contributed by atoms with Crippen molar-refractivity contribution in [1.29, 1.82) is 0 Å². The molecule has 1 fully saturated rings. The molecule has 3 aromatic rings. The number of allylic oxidation sites excluding steroid dienone is 1. The summed E-state index contributed by atoms with van der Waals surface area (Å²) in [5, 5.41) is 16.6. The first kappa shape index (κ1) is 27.0. The van der Waals surface area contributed by atoms with Crippen molar-refractivity contribution < 1.29 is 28.9 Å². The summed E-state index contributed by atoms with van der Waals surface area (Å²) >= 11 is 0. The van der Waals surface area contributed by atoms with E-state index in [4.69, 9.17) is 19.3 Å². The first-order valence-corrected chi connectivity index (χ1v) is 13.2. The number of benzene rings is 3. The number of phenols is 1. The number of methoxy groups -OCH3 is 2. The number of ether oxygens (including phenoxy) is 3. The van der Waals surface area contributed by atoms with Crippen LogP contribution in [0.5, 0.6) is 17.2 Å². The van der Waals surface area contributed by atoms with E-state index in [0.717, 1.165) is 53.2 Å². The lowest BCUT2D eigenvalue weighted by Gasteiger charge is -2.29. The van der Waals surface area contributed by atoms with Crippen molar-refractivity contribution in [3.05, 3.63) is 94.6 Å². The zero-order valence-corrected chi connectivity index (χ0v) is 22.8. The molecule has 1 aliphatic heterocycles. The van der Waals surface area contributed by atoms with E-state index in [2.05, 4.69) is 6.08 Å². The summed E-state index contributed by atoms with van der Waals surface area (Å²) in [5.41, 5.74) is 4.47. The number of hydrogen-bond donors (Lipinski definition) is 1. The molecule has 5 rings (SSSR count). The zero-order valence-electron chi connectivity index (χ0n) is 22.8. The number of nitrogens with zero attached hydrogens (tertiary/aromatic N) is 2. The maximum Gasteiger partial charge on any atom is 0.342 e. The van der Waals surface area contributed by atoms with Gasteiger partial charge < -0.3 is 19.3 Å². The van der Waals surface area contributed by atoms with Gasteiger partial charge in [0.05, 0.1) is 26.0 Å². The minimum atomic E-state index is -0.764. The van der Waals surface area contributed by atoms with E-state index >= 15 is 0 Å². The molecule has 206 valence electrons. The molecule has 0 spiro atoms. The third kappa shape index (κ3) is 5.43. The van der Waals surface area contributed by atoms with Crippen molar-refractivity contribution >= 4 is 23.7 Å². The Morgan fingerprint density at radius 3 is 2.35 bits per heavy atom. The molecule has 2 unspecified atom stereocenters. The average Bonchev–Trinajstić information content (AvgIpc) is 3.38. The Labute approximate surface area is 233 Å². The fourth-order valence-corrected chi connectivity index (χ4v) is 5.34. The summed E-state index contributed by atoms with van der Waals surface area (Å²) in [6.07, 6.45) is 4.79. The van der Waals surface area contributed by atoms with Crippen molar-refractivity contribution in [3.8, 4) is 17.2 Å². The highest BCUT2D eigenvalue weighted by Crippen LogP contribution is 2.44. The van der Waals surface area contributed by atoms with Gasteiger partial charge in [0.25, 0.3) is 5.91 Å². The first-order chi connectivity index (χ1) is 19.4. The fourth-order valence-electron chi connectivity index (χ4n) is 5.34. The highest BCUT2D eigenvalue weighted by atomic mass is 16.5. The van der Waals surface area contributed by atoms with E-state index in [0.29, 0.717) is 5.56 Å². The van der Waals surface area contributed by atoms with Gasteiger partial charge in [-0.3, -0.25) is 4.79 Å². The van der Waals surface area contributed by atoms with E-state index in [9.17, 15) is 14.7 Å². The molecule has 3 aromatic carbocycles. The van der Waals surface area contributed by atoms with E-state index in [1.807, 2.05) is 48.5 Å². The molecule has 1 saturated carbocycles. The van der Waals surface area contributed by atoms with Gasteiger partial charge in [-0.05, 0) is 84.9 Å². The molecule has 8 heteroatoms. The van der Waals surface area contributed by atoms with Crippen LogP contribution in [0.3, 0.4) is 0 Å². The van der Waals surface area contributed by atoms with Crippen LogP contribution in [-0.2, 0) is 9.53 Å². The summed E-state index contributed by atoms with van der Waals surface area (Å²) in [5.74, 6) is 0.138. The maximum atomic E-state index is 13.5. The Morgan fingerprint density at radius 1 is 1.00 bits per heavy atom. The smallest absolute Gasteiger partial charge is 0.342 e. The molecule has 1 amide bonds. The van der Waals surface area contributed by atoms with Crippen LogP contribution in [-0.4, -0.2) is 48.5 Å². The number of amides is 1. The number of carbonyl (C=O) groups excluding carboxylic acids is 2. The van der Waals surface area contributed by atoms with Crippen LogP contribution >= 0.6 is 0 Å². The lowest BCUT2D eigenvalue weighted by atomic mass is 9.77. The second-order valence-electron chi connectivity index (χ2n) is 9.93. The lowest BCUT2D eigenvalue weighted by Crippen LogP contribution is -2.34. The largest absolute Gasteiger partial charge is 0.507 e. The molecule has 0 bridgehead atoms. The zero-order chi connectivity index (χ0) is 28.2. The number of carbonyl (C=O) groups is 2. The molecule has 1 heterocycles. The quantitative estimate of drug-likeness (QED) is 0.386. The molecule has 0 saturated heterocycles. The fraction of sp³-hybridized carbons (Fsp3) is 0.281. The van der Waals surface area contributed by atoms with Gasteiger partial charge in [-0.2, -0.15) is 5.10 Å². The Morgan fingerprint density at radius 2 is 1.68 bits per heavy atom. The number of esters is 1. The first-order valence-electron chi connectivity index (χ1n) is 13.2. The molecule has 0 radical (unpaired) electrons. The summed E-state index contributed by atoms with van der Waals surface area (Å²) < 4.78 is 16.0. The van der Waals surface area contributed by atoms with Gasteiger partial charge in [0.2, 0.25) is 0 Å². The molecule has 1 aliphatic carbocycles. The van der Waals surface area contributed by atoms with Crippen LogP contribution in [0.2, 0.25) is 0 Å². The van der Waals surface area contributed by atoms with Gasteiger partial charge in [-0.25, -0.2) is 9.80 Å². The molecule has 2 aliphatic rings. The number of para-hydroxylation sites is 1. The van der Waals surface area contributed by atoms with Crippen molar-refractivity contribution in [1.82, 2.24) is 5.01 Å². The van der Waals surface area contributed by atoms with Crippen LogP contribution in [0, 0.1) is 12.8 Å². The number of fused-ring (bicyclic) bond motifs is 1. The SMILES string of the molecule is COc1ccc(C=C2CCCC3C2=NN(C(=O)COC(=O)c2cccc(C)c2O)C3c2ccc(OC)cc2)cc1. The molecule has 1 N–H and O–H groups in total. The predicted octanol–water partition coefficient (Wildman–Crippen LogP) is 5.70. The third-order valence-corrected chi connectivity index (χ3v) is 7.46. The summed E-state index contributed by atoms with van der Waals surface area (Å²) in [7, 11) is 3.25. The van der Waals surface area contributed by atoms with E-state index in [1.54, 1.807) is 33.3 Å². The second kappa shape index (κ2) is 11.7. The Hall–Kier alpha value is -4.59. The Bertz CT molecular complexity index is 1460. The normalized spacial score (nSPS) is 19.1. The molecule has 40 heavy (non-hydrogen) atoms. The predicted molar refractivity (Wildman–Crippen MR) is 151 cm³/mol. The lowest BCUT2D eigenvalue weighted by molar-refractivity contribution is -0.137. The Balaban J connectivity index is 1.44. The van der Waals surface area contributed by atoms with Gasteiger partial charge in [0.1, 0.15) is 22.8 Å². The number of aryl methyl sites for hydroxylation is 1. The van der Waals surface area contributed by atoms with Gasteiger partial charge in [0.15, 0.2) is 6.61 Å². The number of rotatable bonds is 7. The molecule has 2 atom stereocenters. The summed E-state index contributed by atoms with van der Waals surface area (Å²) in [6.45, 7) is 1.19. The monoisotopic (exact) mass is 540 g/mol. The highest BCUT2D eigenvalue weighted by Gasteiger charge is 2.44. The molecular weight excluding hydrogens is 508 g/mol.